The van der Waals surface area contributed by atoms with E-state index in [2.05, 4.69) is 10.3 Å². The fourth-order valence-electron chi connectivity index (χ4n) is 2.57. The minimum atomic E-state index is -3.19. The Bertz CT molecular complexity index is 909. The van der Waals surface area contributed by atoms with Gasteiger partial charge in [-0.2, -0.15) is 5.26 Å². The van der Waals surface area contributed by atoms with E-state index in [1.807, 2.05) is 24.3 Å². The van der Waals surface area contributed by atoms with E-state index in [0.29, 0.717) is 41.6 Å². The molecule has 0 unspecified atom stereocenters. The SMILES string of the molecule is N#Cc1cnc(NCc2cccc(N3CCCS3(=O)=O)c2)c(Cl)c1. The van der Waals surface area contributed by atoms with E-state index in [-0.39, 0.29) is 5.75 Å². The number of anilines is 2. The fourth-order valence-corrected chi connectivity index (χ4v) is 4.36. The van der Waals surface area contributed by atoms with E-state index < -0.39 is 10.0 Å². The molecule has 1 aliphatic heterocycles. The van der Waals surface area contributed by atoms with Gasteiger partial charge in [-0.05, 0) is 30.2 Å². The van der Waals surface area contributed by atoms with Gasteiger partial charge in [0.1, 0.15) is 11.9 Å². The third-order valence-electron chi connectivity index (χ3n) is 3.73. The molecule has 3 rings (SSSR count). The number of nitriles is 1. The van der Waals surface area contributed by atoms with Crippen LogP contribution in [-0.4, -0.2) is 25.7 Å². The molecule has 0 amide bonds. The molecule has 24 heavy (non-hydrogen) atoms. The van der Waals surface area contributed by atoms with Gasteiger partial charge in [-0.1, -0.05) is 23.7 Å². The number of rotatable bonds is 4. The molecule has 0 atom stereocenters. The van der Waals surface area contributed by atoms with Crippen molar-refractivity contribution < 1.29 is 8.42 Å². The average molecular weight is 363 g/mol. The molecule has 124 valence electrons. The molecule has 1 saturated heterocycles. The highest BCUT2D eigenvalue weighted by molar-refractivity contribution is 7.93. The zero-order valence-electron chi connectivity index (χ0n) is 12.7. The van der Waals surface area contributed by atoms with Crippen LogP contribution in [0.1, 0.15) is 17.5 Å². The van der Waals surface area contributed by atoms with Gasteiger partial charge in [-0.15, -0.1) is 0 Å². The van der Waals surface area contributed by atoms with E-state index >= 15 is 0 Å². The lowest BCUT2D eigenvalue weighted by Gasteiger charge is -2.18. The first-order chi connectivity index (χ1) is 11.5. The van der Waals surface area contributed by atoms with Crippen molar-refractivity contribution in [3.05, 3.63) is 52.7 Å². The summed E-state index contributed by atoms with van der Waals surface area (Å²) in [6.07, 6.45) is 2.09. The van der Waals surface area contributed by atoms with Crippen LogP contribution in [0.3, 0.4) is 0 Å². The van der Waals surface area contributed by atoms with Gasteiger partial charge in [-0.25, -0.2) is 13.4 Å². The molecular formula is C16H15ClN4O2S. The van der Waals surface area contributed by atoms with Crippen molar-refractivity contribution >= 4 is 33.1 Å². The minimum Gasteiger partial charge on any atom is -0.365 e. The summed E-state index contributed by atoms with van der Waals surface area (Å²) >= 11 is 6.08. The third-order valence-corrected chi connectivity index (χ3v) is 5.89. The zero-order chi connectivity index (χ0) is 17.2. The molecule has 1 aliphatic rings. The highest BCUT2D eigenvalue weighted by atomic mass is 35.5. The number of hydrogen-bond donors (Lipinski definition) is 1. The molecule has 6 nitrogen and oxygen atoms in total. The normalized spacial score (nSPS) is 15.9. The summed E-state index contributed by atoms with van der Waals surface area (Å²) in [5, 5.41) is 12.3. The Morgan fingerprint density at radius 2 is 2.21 bits per heavy atom. The highest BCUT2D eigenvalue weighted by Gasteiger charge is 2.28. The quantitative estimate of drug-likeness (QED) is 0.903. The van der Waals surface area contributed by atoms with Gasteiger partial charge in [-0.3, -0.25) is 4.31 Å². The molecule has 8 heteroatoms. The van der Waals surface area contributed by atoms with Crippen LogP contribution < -0.4 is 9.62 Å². The first-order valence-electron chi connectivity index (χ1n) is 7.38. The zero-order valence-corrected chi connectivity index (χ0v) is 14.3. The lowest BCUT2D eigenvalue weighted by molar-refractivity contribution is 0.599. The Morgan fingerprint density at radius 3 is 2.88 bits per heavy atom. The van der Waals surface area contributed by atoms with Gasteiger partial charge >= 0.3 is 0 Å². The van der Waals surface area contributed by atoms with Crippen molar-refractivity contribution in [2.45, 2.75) is 13.0 Å². The van der Waals surface area contributed by atoms with E-state index in [9.17, 15) is 8.42 Å². The monoisotopic (exact) mass is 362 g/mol. The topological polar surface area (TPSA) is 86.1 Å². The van der Waals surface area contributed by atoms with Crippen LogP contribution in [0.15, 0.2) is 36.5 Å². The smallest absolute Gasteiger partial charge is 0.235 e. The summed E-state index contributed by atoms with van der Waals surface area (Å²) in [6, 6.07) is 10.9. The highest BCUT2D eigenvalue weighted by Crippen LogP contribution is 2.25. The first kappa shape index (κ1) is 16.6. The molecular weight excluding hydrogens is 348 g/mol. The van der Waals surface area contributed by atoms with Crippen molar-refractivity contribution in [2.75, 3.05) is 21.9 Å². The number of halogens is 1. The van der Waals surface area contributed by atoms with Gasteiger partial charge in [0, 0.05) is 19.3 Å². The van der Waals surface area contributed by atoms with Crippen LogP contribution in [0.25, 0.3) is 0 Å². The third kappa shape index (κ3) is 3.45. The summed E-state index contributed by atoms with van der Waals surface area (Å²) in [7, 11) is -3.19. The Hall–Kier alpha value is -2.30. The van der Waals surface area contributed by atoms with Crippen LogP contribution in [-0.2, 0) is 16.6 Å². The number of hydrogen-bond acceptors (Lipinski definition) is 5. The largest absolute Gasteiger partial charge is 0.365 e. The molecule has 0 bridgehead atoms. The van der Waals surface area contributed by atoms with E-state index in [0.717, 1.165) is 5.56 Å². The molecule has 1 aromatic heterocycles. The van der Waals surface area contributed by atoms with Crippen LogP contribution >= 0.6 is 11.6 Å². The van der Waals surface area contributed by atoms with E-state index in [1.165, 1.54) is 10.5 Å². The Labute approximate surface area is 145 Å². The van der Waals surface area contributed by atoms with Crippen LogP contribution in [0.5, 0.6) is 0 Å². The first-order valence-corrected chi connectivity index (χ1v) is 9.37. The maximum Gasteiger partial charge on any atom is 0.235 e. The van der Waals surface area contributed by atoms with Gasteiger partial charge in [0.05, 0.1) is 22.0 Å². The second-order valence-corrected chi connectivity index (χ2v) is 7.85. The van der Waals surface area contributed by atoms with Crippen LogP contribution in [0.2, 0.25) is 5.02 Å². The minimum absolute atomic E-state index is 0.195. The Morgan fingerprint density at radius 1 is 1.38 bits per heavy atom. The number of nitrogens with one attached hydrogen (secondary N) is 1. The van der Waals surface area contributed by atoms with Crippen molar-refractivity contribution in [1.82, 2.24) is 4.98 Å². The lowest BCUT2D eigenvalue weighted by atomic mass is 10.2. The molecule has 2 heterocycles. The summed E-state index contributed by atoms with van der Waals surface area (Å²) in [6.45, 7) is 0.961. The van der Waals surface area contributed by atoms with Gasteiger partial charge in [0.2, 0.25) is 10.0 Å². The molecule has 1 N–H and O–H groups in total. The predicted molar refractivity (Wildman–Crippen MR) is 93.5 cm³/mol. The lowest BCUT2D eigenvalue weighted by Crippen LogP contribution is -2.25. The van der Waals surface area contributed by atoms with Gasteiger partial charge in [0.15, 0.2) is 0 Å². The summed E-state index contributed by atoms with van der Waals surface area (Å²) in [5.74, 6) is 0.676. The maximum atomic E-state index is 12.0. The molecule has 0 saturated carbocycles. The van der Waals surface area contributed by atoms with Crippen LogP contribution in [0.4, 0.5) is 11.5 Å². The van der Waals surface area contributed by atoms with Crippen molar-refractivity contribution in [3.63, 3.8) is 0 Å². The molecule has 0 spiro atoms. The number of pyridine rings is 1. The molecule has 0 radical (unpaired) electrons. The summed E-state index contributed by atoms with van der Waals surface area (Å²) in [5.41, 5.74) is 1.98. The van der Waals surface area contributed by atoms with Crippen LogP contribution in [0, 0.1) is 11.3 Å². The Kier molecular flexibility index (Phi) is 4.60. The summed E-state index contributed by atoms with van der Waals surface area (Å²) < 4.78 is 25.5. The van der Waals surface area contributed by atoms with Crippen molar-refractivity contribution in [3.8, 4) is 6.07 Å². The average Bonchev–Trinajstić information content (AvgIpc) is 2.93. The van der Waals surface area contributed by atoms with E-state index in [4.69, 9.17) is 16.9 Å². The predicted octanol–water partition coefficient (Wildman–Crippen LogP) is 2.76. The number of aromatic nitrogens is 1. The second kappa shape index (κ2) is 6.67. The number of benzene rings is 1. The Balaban J connectivity index is 1.75. The second-order valence-electron chi connectivity index (χ2n) is 5.43. The fraction of sp³-hybridized carbons (Fsp3) is 0.250. The molecule has 1 fully saturated rings. The molecule has 1 aromatic carbocycles. The maximum absolute atomic E-state index is 12.0. The molecule has 2 aromatic rings. The van der Waals surface area contributed by atoms with Crippen molar-refractivity contribution in [1.29, 1.82) is 5.26 Å². The van der Waals surface area contributed by atoms with Crippen molar-refractivity contribution in [2.24, 2.45) is 0 Å². The number of nitrogens with zero attached hydrogens (tertiary/aromatic N) is 3. The molecule has 0 aliphatic carbocycles. The number of sulfonamides is 1. The van der Waals surface area contributed by atoms with Gasteiger partial charge in [0.25, 0.3) is 0 Å². The summed E-state index contributed by atoms with van der Waals surface area (Å²) in [4.78, 5) is 4.12. The standard InChI is InChI=1S/C16H15ClN4O2S/c17-15-8-13(9-18)11-20-16(15)19-10-12-3-1-4-14(7-12)21-5-2-6-24(21,22)23/h1,3-4,7-8,11H,2,5-6,10H2,(H,19,20). The van der Waals surface area contributed by atoms with Gasteiger partial charge < -0.3 is 5.32 Å². The van der Waals surface area contributed by atoms with E-state index in [1.54, 1.807) is 12.1 Å².